The number of sulfonamides is 1. The van der Waals surface area contributed by atoms with Gasteiger partial charge in [-0.15, -0.1) is 0 Å². The third-order valence-electron chi connectivity index (χ3n) is 2.42. The molecule has 1 unspecified atom stereocenters. The van der Waals surface area contributed by atoms with Crippen molar-refractivity contribution >= 4 is 33.8 Å². The van der Waals surface area contributed by atoms with E-state index >= 15 is 0 Å². The second-order valence-electron chi connectivity index (χ2n) is 4.17. The number of carboxylic acid groups (broad SMARTS) is 1. The van der Waals surface area contributed by atoms with E-state index in [2.05, 4.69) is 10.6 Å². The summed E-state index contributed by atoms with van der Waals surface area (Å²) in [6, 6.07) is -1.67. The fourth-order valence-corrected chi connectivity index (χ4v) is 2.38. The first-order valence-corrected chi connectivity index (χ1v) is 8.87. The molecule has 0 fully saturated rings. The maximum atomic E-state index is 11.5. The molecule has 0 saturated carbocycles. The van der Waals surface area contributed by atoms with E-state index in [-0.39, 0.29) is 12.3 Å². The molecular formula is C10H21N3O5S2. The molecule has 118 valence electrons. The van der Waals surface area contributed by atoms with Gasteiger partial charge in [0.25, 0.3) is 0 Å². The van der Waals surface area contributed by atoms with Crippen LogP contribution in [0.5, 0.6) is 0 Å². The van der Waals surface area contributed by atoms with Gasteiger partial charge in [0.1, 0.15) is 6.04 Å². The zero-order valence-electron chi connectivity index (χ0n) is 11.7. The maximum Gasteiger partial charge on any atom is 0.326 e. The molecule has 0 rings (SSSR count). The third-order valence-corrected chi connectivity index (χ3v) is 4.89. The minimum absolute atomic E-state index is 0.0821. The molecule has 0 heterocycles. The van der Waals surface area contributed by atoms with Gasteiger partial charge < -0.3 is 15.7 Å². The van der Waals surface area contributed by atoms with E-state index in [9.17, 15) is 18.0 Å². The van der Waals surface area contributed by atoms with Crippen molar-refractivity contribution in [1.29, 1.82) is 0 Å². The van der Waals surface area contributed by atoms with Crippen molar-refractivity contribution < 1.29 is 23.1 Å². The number of carbonyl (C=O) groups excluding carboxylic acids is 1. The Morgan fingerprint density at radius 3 is 2.40 bits per heavy atom. The van der Waals surface area contributed by atoms with E-state index in [1.54, 1.807) is 0 Å². The van der Waals surface area contributed by atoms with Gasteiger partial charge in [-0.2, -0.15) is 11.8 Å². The van der Waals surface area contributed by atoms with Crippen LogP contribution in [0.15, 0.2) is 0 Å². The zero-order chi connectivity index (χ0) is 15.8. The molecule has 0 aromatic rings. The number of amides is 2. The summed E-state index contributed by atoms with van der Waals surface area (Å²) in [5.41, 5.74) is 0. The van der Waals surface area contributed by atoms with Gasteiger partial charge in [-0.1, -0.05) is 0 Å². The number of carbonyl (C=O) groups is 2. The summed E-state index contributed by atoms with van der Waals surface area (Å²) in [5, 5.41) is 13.5. The molecule has 0 aromatic heterocycles. The Labute approximate surface area is 123 Å². The highest BCUT2D eigenvalue weighted by atomic mass is 32.2. The van der Waals surface area contributed by atoms with Gasteiger partial charge in [0.15, 0.2) is 0 Å². The Morgan fingerprint density at radius 2 is 1.95 bits per heavy atom. The average Bonchev–Trinajstić information content (AvgIpc) is 2.33. The summed E-state index contributed by atoms with van der Waals surface area (Å²) in [7, 11) is -0.580. The molecule has 3 N–H and O–H groups in total. The highest BCUT2D eigenvalue weighted by Gasteiger charge is 2.19. The predicted octanol–water partition coefficient (Wildman–Crippen LogP) is -0.617. The van der Waals surface area contributed by atoms with Gasteiger partial charge in [-0.3, -0.25) is 0 Å². The summed E-state index contributed by atoms with van der Waals surface area (Å²) < 4.78 is 23.9. The van der Waals surface area contributed by atoms with E-state index in [1.165, 1.54) is 25.9 Å². The summed E-state index contributed by atoms with van der Waals surface area (Å²) in [6.07, 6.45) is 2.14. The normalized spacial score (nSPS) is 13.0. The van der Waals surface area contributed by atoms with Crippen molar-refractivity contribution in [2.45, 2.75) is 12.5 Å². The number of nitrogens with zero attached hydrogens (tertiary/aromatic N) is 1. The molecule has 0 radical (unpaired) electrons. The Bertz CT molecular complexity index is 425. The van der Waals surface area contributed by atoms with Crippen LogP contribution in [-0.4, -0.2) is 74.3 Å². The lowest BCUT2D eigenvalue weighted by molar-refractivity contribution is -0.139. The standard InChI is InChI=1S/C10H21N3O5S2/c1-13(2)20(17,18)7-5-11-10(16)12-8(9(14)15)4-6-19-3/h8H,4-7H2,1-3H3,(H,14,15)(H2,11,12,16). The lowest BCUT2D eigenvalue weighted by Gasteiger charge is -2.15. The molecule has 10 heteroatoms. The number of hydrogen-bond acceptors (Lipinski definition) is 5. The smallest absolute Gasteiger partial charge is 0.326 e. The van der Waals surface area contributed by atoms with Gasteiger partial charge in [0.05, 0.1) is 5.75 Å². The first-order valence-electron chi connectivity index (χ1n) is 5.87. The van der Waals surface area contributed by atoms with Gasteiger partial charge >= 0.3 is 12.0 Å². The van der Waals surface area contributed by atoms with E-state index in [1.807, 2.05) is 6.26 Å². The number of urea groups is 1. The van der Waals surface area contributed by atoms with E-state index in [0.29, 0.717) is 12.2 Å². The fourth-order valence-electron chi connectivity index (χ4n) is 1.18. The molecule has 0 aliphatic rings. The largest absolute Gasteiger partial charge is 0.480 e. The van der Waals surface area contributed by atoms with Gasteiger partial charge in [-0.25, -0.2) is 22.3 Å². The summed E-state index contributed by atoms with van der Waals surface area (Å²) in [6.45, 7) is -0.0821. The second kappa shape index (κ2) is 9.03. The van der Waals surface area contributed by atoms with Gasteiger partial charge in [-0.05, 0) is 18.4 Å². The van der Waals surface area contributed by atoms with Crippen LogP contribution in [0.3, 0.4) is 0 Å². The molecule has 0 aliphatic carbocycles. The van der Waals surface area contributed by atoms with Gasteiger partial charge in [0, 0.05) is 20.6 Å². The molecule has 0 aromatic carbocycles. The topological polar surface area (TPSA) is 116 Å². The van der Waals surface area contributed by atoms with Crippen molar-refractivity contribution in [3.05, 3.63) is 0 Å². The number of nitrogens with one attached hydrogen (secondary N) is 2. The number of rotatable bonds is 9. The van der Waals surface area contributed by atoms with Crippen LogP contribution in [0.25, 0.3) is 0 Å². The first kappa shape index (κ1) is 19.0. The minimum Gasteiger partial charge on any atom is -0.480 e. The number of carboxylic acids is 1. The monoisotopic (exact) mass is 327 g/mol. The maximum absolute atomic E-state index is 11.5. The number of hydrogen-bond donors (Lipinski definition) is 3. The van der Waals surface area contributed by atoms with E-state index < -0.39 is 28.1 Å². The Morgan fingerprint density at radius 1 is 1.35 bits per heavy atom. The molecule has 0 bridgehead atoms. The minimum atomic E-state index is -3.38. The Balaban J connectivity index is 4.18. The van der Waals surface area contributed by atoms with Crippen molar-refractivity contribution in [2.75, 3.05) is 38.4 Å². The average molecular weight is 327 g/mol. The van der Waals surface area contributed by atoms with Crippen LogP contribution in [0.1, 0.15) is 6.42 Å². The lowest BCUT2D eigenvalue weighted by Crippen LogP contribution is -2.47. The van der Waals surface area contributed by atoms with Crippen LogP contribution >= 0.6 is 11.8 Å². The molecule has 20 heavy (non-hydrogen) atoms. The van der Waals surface area contributed by atoms with Crippen molar-refractivity contribution in [1.82, 2.24) is 14.9 Å². The highest BCUT2D eigenvalue weighted by Crippen LogP contribution is 2.00. The first-order chi connectivity index (χ1) is 9.20. The van der Waals surface area contributed by atoms with Crippen LogP contribution in [0.2, 0.25) is 0 Å². The van der Waals surface area contributed by atoms with Crippen LogP contribution in [-0.2, 0) is 14.8 Å². The predicted molar refractivity (Wildman–Crippen MR) is 78.4 cm³/mol. The molecular weight excluding hydrogens is 306 g/mol. The summed E-state index contributed by atoms with van der Waals surface area (Å²) >= 11 is 1.48. The number of thioether (sulfide) groups is 1. The SMILES string of the molecule is CSCCC(NC(=O)NCCS(=O)(=O)N(C)C)C(=O)O. The Hall–Kier alpha value is -1.00. The van der Waals surface area contributed by atoms with Crippen molar-refractivity contribution in [3.63, 3.8) is 0 Å². The quantitative estimate of drug-likeness (QED) is 0.520. The molecule has 1 atom stereocenters. The highest BCUT2D eigenvalue weighted by molar-refractivity contribution is 7.98. The van der Waals surface area contributed by atoms with Crippen LogP contribution < -0.4 is 10.6 Å². The van der Waals surface area contributed by atoms with E-state index in [0.717, 1.165) is 4.31 Å². The zero-order valence-corrected chi connectivity index (χ0v) is 13.4. The third kappa shape index (κ3) is 7.56. The fraction of sp³-hybridized carbons (Fsp3) is 0.800. The van der Waals surface area contributed by atoms with Crippen LogP contribution in [0.4, 0.5) is 4.79 Å². The molecule has 2 amide bonds. The summed E-state index contributed by atoms with van der Waals surface area (Å²) in [4.78, 5) is 22.4. The molecule has 0 spiro atoms. The molecule has 8 nitrogen and oxygen atoms in total. The molecule has 0 aliphatic heterocycles. The second-order valence-corrected chi connectivity index (χ2v) is 7.46. The van der Waals surface area contributed by atoms with E-state index in [4.69, 9.17) is 5.11 Å². The van der Waals surface area contributed by atoms with Crippen molar-refractivity contribution in [2.24, 2.45) is 0 Å². The van der Waals surface area contributed by atoms with Crippen molar-refractivity contribution in [3.8, 4) is 0 Å². The Kier molecular flexibility index (Phi) is 8.58. The van der Waals surface area contributed by atoms with Gasteiger partial charge in [0.2, 0.25) is 10.0 Å². The molecule has 0 saturated heterocycles. The van der Waals surface area contributed by atoms with Crippen LogP contribution in [0, 0.1) is 0 Å². The number of aliphatic carboxylic acids is 1. The lowest BCUT2D eigenvalue weighted by atomic mass is 10.2. The summed E-state index contributed by atoms with van der Waals surface area (Å²) in [5.74, 6) is -0.752.